The highest BCUT2D eigenvalue weighted by Gasteiger charge is 2.17. The Balaban J connectivity index is 2.46. The second kappa shape index (κ2) is 5.24. The Morgan fingerprint density at radius 1 is 1.21 bits per heavy atom. The van der Waals surface area contributed by atoms with Gasteiger partial charge in [-0.1, -0.05) is 17.7 Å². The lowest BCUT2D eigenvalue weighted by Crippen LogP contribution is -2.02. The number of ether oxygens (including phenoxy) is 1. The molecule has 0 radical (unpaired) electrons. The first-order valence-corrected chi connectivity index (χ1v) is 5.51. The van der Waals surface area contributed by atoms with E-state index in [0.29, 0.717) is 0 Å². The molecule has 0 fully saturated rings. The van der Waals surface area contributed by atoms with Gasteiger partial charge in [0.15, 0.2) is 11.6 Å². The first kappa shape index (κ1) is 13.3. The molecular weight excluding hydrogens is 278 g/mol. The van der Waals surface area contributed by atoms with Crippen molar-refractivity contribution in [3.63, 3.8) is 0 Å². The standard InChI is InChI=1S/C13H7ClF2O3/c14-9-6-7(15)4-5-11(9)19-12-8(13(17)18)2-1-3-10(12)16/h1-6H,(H,17,18). The molecule has 2 aromatic rings. The van der Waals surface area contributed by atoms with Crippen LogP contribution >= 0.6 is 11.6 Å². The van der Waals surface area contributed by atoms with Gasteiger partial charge >= 0.3 is 5.97 Å². The quantitative estimate of drug-likeness (QED) is 0.922. The van der Waals surface area contributed by atoms with Crippen molar-refractivity contribution in [1.82, 2.24) is 0 Å². The number of carbonyl (C=O) groups is 1. The fourth-order valence-corrected chi connectivity index (χ4v) is 1.65. The van der Waals surface area contributed by atoms with E-state index in [1.54, 1.807) is 0 Å². The molecule has 1 N–H and O–H groups in total. The van der Waals surface area contributed by atoms with E-state index in [-0.39, 0.29) is 16.3 Å². The molecule has 0 aliphatic rings. The largest absolute Gasteiger partial charge is 0.478 e. The van der Waals surface area contributed by atoms with Crippen LogP contribution in [0.15, 0.2) is 36.4 Å². The summed E-state index contributed by atoms with van der Waals surface area (Å²) < 4.78 is 31.6. The molecule has 98 valence electrons. The van der Waals surface area contributed by atoms with Crippen LogP contribution < -0.4 is 4.74 Å². The Hall–Kier alpha value is -2.14. The summed E-state index contributed by atoms with van der Waals surface area (Å²) in [6.07, 6.45) is 0. The first-order chi connectivity index (χ1) is 8.99. The van der Waals surface area contributed by atoms with E-state index < -0.39 is 23.4 Å². The lowest BCUT2D eigenvalue weighted by Gasteiger charge is -2.10. The van der Waals surface area contributed by atoms with Crippen LogP contribution in [-0.4, -0.2) is 11.1 Å². The number of benzene rings is 2. The SMILES string of the molecule is O=C(O)c1cccc(F)c1Oc1ccc(F)cc1Cl. The summed E-state index contributed by atoms with van der Waals surface area (Å²) >= 11 is 5.73. The van der Waals surface area contributed by atoms with Gasteiger partial charge in [0, 0.05) is 0 Å². The highest BCUT2D eigenvalue weighted by Crippen LogP contribution is 2.33. The molecule has 0 bridgehead atoms. The predicted molar refractivity (Wildman–Crippen MR) is 64.8 cm³/mol. The van der Waals surface area contributed by atoms with Gasteiger partial charge in [0.25, 0.3) is 0 Å². The van der Waals surface area contributed by atoms with E-state index >= 15 is 0 Å². The van der Waals surface area contributed by atoms with Crippen LogP contribution in [-0.2, 0) is 0 Å². The van der Waals surface area contributed by atoms with Crippen LogP contribution in [0, 0.1) is 11.6 Å². The summed E-state index contributed by atoms with van der Waals surface area (Å²) in [5.41, 5.74) is -0.347. The zero-order valence-corrected chi connectivity index (χ0v) is 10.1. The molecule has 3 nitrogen and oxygen atoms in total. The zero-order valence-electron chi connectivity index (χ0n) is 9.36. The maximum Gasteiger partial charge on any atom is 0.339 e. The molecule has 0 aliphatic heterocycles. The van der Waals surface area contributed by atoms with Gasteiger partial charge in [0.1, 0.15) is 17.1 Å². The lowest BCUT2D eigenvalue weighted by molar-refractivity contribution is 0.0693. The number of carboxylic acid groups (broad SMARTS) is 1. The number of para-hydroxylation sites is 1. The van der Waals surface area contributed by atoms with Crippen LogP contribution in [0.3, 0.4) is 0 Å². The van der Waals surface area contributed by atoms with Crippen LogP contribution in [0.1, 0.15) is 10.4 Å². The molecule has 0 aromatic heterocycles. The highest BCUT2D eigenvalue weighted by atomic mass is 35.5. The molecule has 0 saturated heterocycles. The summed E-state index contributed by atoms with van der Waals surface area (Å²) in [7, 11) is 0. The maximum atomic E-state index is 13.6. The minimum atomic E-state index is -1.34. The Kier molecular flexibility index (Phi) is 3.66. The molecule has 0 unspecified atom stereocenters. The van der Waals surface area contributed by atoms with E-state index in [1.807, 2.05) is 0 Å². The van der Waals surface area contributed by atoms with Gasteiger partial charge < -0.3 is 9.84 Å². The second-order valence-electron chi connectivity index (χ2n) is 3.60. The minimum Gasteiger partial charge on any atom is -0.478 e. The first-order valence-electron chi connectivity index (χ1n) is 5.13. The van der Waals surface area contributed by atoms with Crippen molar-refractivity contribution in [2.24, 2.45) is 0 Å². The smallest absolute Gasteiger partial charge is 0.339 e. The average Bonchev–Trinajstić information content (AvgIpc) is 2.34. The van der Waals surface area contributed by atoms with Crippen molar-refractivity contribution in [2.75, 3.05) is 0 Å². The zero-order chi connectivity index (χ0) is 14.0. The molecule has 2 aromatic carbocycles. The van der Waals surface area contributed by atoms with Crippen molar-refractivity contribution in [3.05, 3.63) is 58.6 Å². The van der Waals surface area contributed by atoms with Gasteiger partial charge in [-0.25, -0.2) is 13.6 Å². The van der Waals surface area contributed by atoms with Crippen LogP contribution in [0.25, 0.3) is 0 Å². The lowest BCUT2D eigenvalue weighted by atomic mass is 10.2. The Morgan fingerprint density at radius 2 is 1.95 bits per heavy atom. The van der Waals surface area contributed by atoms with Gasteiger partial charge in [-0.05, 0) is 30.3 Å². The maximum absolute atomic E-state index is 13.6. The van der Waals surface area contributed by atoms with E-state index in [1.165, 1.54) is 18.2 Å². The van der Waals surface area contributed by atoms with E-state index in [9.17, 15) is 13.6 Å². The predicted octanol–water partition coefficient (Wildman–Crippen LogP) is 4.11. The third kappa shape index (κ3) is 2.82. The average molecular weight is 285 g/mol. The summed E-state index contributed by atoms with van der Waals surface area (Å²) in [4.78, 5) is 11.0. The third-order valence-electron chi connectivity index (χ3n) is 2.30. The van der Waals surface area contributed by atoms with Gasteiger partial charge in [0.05, 0.1) is 5.02 Å². The van der Waals surface area contributed by atoms with Crippen molar-refractivity contribution in [2.45, 2.75) is 0 Å². The monoisotopic (exact) mass is 284 g/mol. The third-order valence-corrected chi connectivity index (χ3v) is 2.60. The van der Waals surface area contributed by atoms with Crippen molar-refractivity contribution >= 4 is 17.6 Å². The van der Waals surface area contributed by atoms with E-state index in [4.69, 9.17) is 21.4 Å². The van der Waals surface area contributed by atoms with Crippen molar-refractivity contribution < 1.29 is 23.4 Å². The molecule has 0 saturated carbocycles. The second-order valence-corrected chi connectivity index (χ2v) is 4.01. The minimum absolute atomic E-state index is 0.0318. The topological polar surface area (TPSA) is 46.5 Å². The number of aromatic carboxylic acids is 1. The summed E-state index contributed by atoms with van der Waals surface area (Å²) in [6, 6.07) is 6.74. The van der Waals surface area contributed by atoms with Crippen LogP contribution in [0.4, 0.5) is 8.78 Å². The van der Waals surface area contributed by atoms with Gasteiger partial charge in [-0.2, -0.15) is 0 Å². The van der Waals surface area contributed by atoms with E-state index in [0.717, 1.165) is 18.2 Å². The Labute approximate surface area is 112 Å². The number of halogens is 3. The number of rotatable bonds is 3. The Bertz CT molecular complexity index is 644. The fourth-order valence-electron chi connectivity index (χ4n) is 1.45. The van der Waals surface area contributed by atoms with Crippen LogP contribution in [0.5, 0.6) is 11.5 Å². The summed E-state index contributed by atoms with van der Waals surface area (Å²) in [5.74, 6) is -3.27. The van der Waals surface area contributed by atoms with Crippen LogP contribution in [0.2, 0.25) is 5.02 Å². The fraction of sp³-hybridized carbons (Fsp3) is 0. The summed E-state index contributed by atoms with van der Waals surface area (Å²) in [5, 5.41) is 8.86. The van der Waals surface area contributed by atoms with E-state index in [2.05, 4.69) is 0 Å². The molecule has 0 atom stereocenters. The number of hydrogen-bond donors (Lipinski definition) is 1. The molecule has 0 amide bonds. The molecule has 2 rings (SSSR count). The van der Waals surface area contributed by atoms with Crippen molar-refractivity contribution in [3.8, 4) is 11.5 Å². The molecule has 0 spiro atoms. The number of carboxylic acids is 1. The highest BCUT2D eigenvalue weighted by molar-refractivity contribution is 6.32. The van der Waals surface area contributed by atoms with Crippen molar-refractivity contribution in [1.29, 1.82) is 0 Å². The molecule has 0 heterocycles. The molecule has 0 aliphatic carbocycles. The van der Waals surface area contributed by atoms with Gasteiger partial charge in [-0.15, -0.1) is 0 Å². The molecular formula is C13H7ClF2O3. The van der Waals surface area contributed by atoms with Gasteiger partial charge in [0.2, 0.25) is 0 Å². The van der Waals surface area contributed by atoms with Gasteiger partial charge in [-0.3, -0.25) is 0 Å². The number of hydrogen-bond acceptors (Lipinski definition) is 2. The Morgan fingerprint density at radius 3 is 2.58 bits per heavy atom. The summed E-state index contributed by atoms with van der Waals surface area (Å²) in [6.45, 7) is 0. The molecule has 19 heavy (non-hydrogen) atoms. The molecule has 6 heteroatoms. The normalized spacial score (nSPS) is 10.3.